The predicted molar refractivity (Wildman–Crippen MR) is 126 cm³/mol. The standard InChI is InChI=1S/C26H23N3O/c1-18-9-5-7-13-21(18)27-17-28-26-24(30)16-15-23-25(26)20-12-6-8-14-22(20)29(23)19-10-3-2-4-11-19/h2-16,27-28,30H,17H2,1H3. The van der Waals surface area contributed by atoms with Crippen LogP contribution in [-0.2, 0) is 0 Å². The summed E-state index contributed by atoms with van der Waals surface area (Å²) in [5, 5.41) is 19.6. The van der Waals surface area contributed by atoms with Gasteiger partial charge >= 0.3 is 0 Å². The molecule has 0 spiro atoms. The zero-order chi connectivity index (χ0) is 20.5. The van der Waals surface area contributed by atoms with E-state index in [2.05, 4.69) is 58.5 Å². The molecule has 5 rings (SSSR count). The van der Waals surface area contributed by atoms with Crippen LogP contribution in [-0.4, -0.2) is 16.3 Å². The van der Waals surface area contributed by atoms with Gasteiger partial charge in [0.25, 0.3) is 0 Å². The summed E-state index contributed by atoms with van der Waals surface area (Å²) in [6.07, 6.45) is 0. The Morgan fingerprint density at radius 1 is 0.733 bits per heavy atom. The molecule has 30 heavy (non-hydrogen) atoms. The van der Waals surface area contributed by atoms with Gasteiger partial charge in [-0.1, -0.05) is 54.6 Å². The molecule has 0 bridgehead atoms. The summed E-state index contributed by atoms with van der Waals surface area (Å²) in [7, 11) is 0. The van der Waals surface area contributed by atoms with Crippen molar-refractivity contribution in [2.45, 2.75) is 6.92 Å². The number of benzene rings is 4. The maximum absolute atomic E-state index is 10.7. The first-order valence-electron chi connectivity index (χ1n) is 10.1. The van der Waals surface area contributed by atoms with Gasteiger partial charge in [0.05, 0.1) is 23.4 Å². The summed E-state index contributed by atoms with van der Waals surface area (Å²) in [6, 6.07) is 30.5. The minimum Gasteiger partial charge on any atom is -0.506 e. The summed E-state index contributed by atoms with van der Waals surface area (Å²) >= 11 is 0. The summed E-state index contributed by atoms with van der Waals surface area (Å²) < 4.78 is 2.24. The zero-order valence-corrected chi connectivity index (χ0v) is 16.8. The average Bonchev–Trinajstić information content (AvgIpc) is 3.11. The van der Waals surface area contributed by atoms with E-state index < -0.39 is 0 Å². The molecule has 0 atom stereocenters. The van der Waals surface area contributed by atoms with E-state index in [1.807, 2.05) is 48.5 Å². The lowest BCUT2D eigenvalue weighted by Crippen LogP contribution is -2.12. The van der Waals surface area contributed by atoms with Crippen LogP contribution in [0.15, 0.2) is 91.0 Å². The number of phenolic OH excluding ortho intramolecular Hbond substituents is 1. The Labute approximate surface area is 175 Å². The number of rotatable bonds is 5. The fraction of sp³-hybridized carbons (Fsp3) is 0.0769. The topological polar surface area (TPSA) is 49.2 Å². The Kier molecular flexibility index (Phi) is 4.52. The van der Waals surface area contributed by atoms with E-state index in [-0.39, 0.29) is 5.75 Å². The maximum Gasteiger partial charge on any atom is 0.139 e. The van der Waals surface area contributed by atoms with Gasteiger partial charge in [-0.25, -0.2) is 0 Å². The van der Waals surface area contributed by atoms with Crippen LogP contribution in [0.1, 0.15) is 5.56 Å². The Hall–Kier alpha value is -3.92. The smallest absolute Gasteiger partial charge is 0.139 e. The van der Waals surface area contributed by atoms with Gasteiger partial charge in [-0.05, 0) is 48.9 Å². The minimum atomic E-state index is 0.241. The van der Waals surface area contributed by atoms with Gasteiger partial charge < -0.3 is 20.3 Å². The third kappa shape index (κ3) is 3.03. The summed E-state index contributed by atoms with van der Waals surface area (Å²) in [5.41, 5.74) is 6.25. The Balaban J connectivity index is 1.62. The average molecular weight is 393 g/mol. The van der Waals surface area contributed by atoms with Crippen molar-refractivity contribution in [3.63, 3.8) is 0 Å². The molecule has 0 amide bonds. The maximum atomic E-state index is 10.7. The molecule has 0 aliphatic carbocycles. The van der Waals surface area contributed by atoms with Crippen LogP contribution < -0.4 is 10.6 Å². The van der Waals surface area contributed by atoms with E-state index in [9.17, 15) is 5.11 Å². The van der Waals surface area contributed by atoms with Crippen LogP contribution in [0.3, 0.4) is 0 Å². The van der Waals surface area contributed by atoms with Crippen molar-refractivity contribution in [3.8, 4) is 11.4 Å². The van der Waals surface area contributed by atoms with Crippen LogP contribution in [0, 0.1) is 6.92 Å². The minimum absolute atomic E-state index is 0.241. The monoisotopic (exact) mass is 393 g/mol. The molecule has 4 heteroatoms. The van der Waals surface area contributed by atoms with Gasteiger partial charge in [0, 0.05) is 22.1 Å². The fourth-order valence-corrected chi connectivity index (χ4v) is 4.08. The van der Waals surface area contributed by atoms with Crippen LogP contribution in [0.25, 0.3) is 27.5 Å². The quantitative estimate of drug-likeness (QED) is 0.243. The zero-order valence-electron chi connectivity index (χ0n) is 16.8. The molecule has 0 saturated heterocycles. The van der Waals surface area contributed by atoms with Crippen molar-refractivity contribution in [1.29, 1.82) is 0 Å². The van der Waals surface area contributed by atoms with Crippen molar-refractivity contribution in [2.75, 3.05) is 17.3 Å². The van der Waals surface area contributed by atoms with Crippen molar-refractivity contribution in [3.05, 3.63) is 96.6 Å². The highest BCUT2D eigenvalue weighted by molar-refractivity contribution is 6.16. The fourth-order valence-electron chi connectivity index (χ4n) is 4.08. The molecule has 0 aliphatic rings. The van der Waals surface area contributed by atoms with Crippen molar-refractivity contribution >= 4 is 33.2 Å². The Morgan fingerprint density at radius 3 is 2.30 bits per heavy atom. The molecular weight excluding hydrogens is 370 g/mol. The molecule has 0 radical (unpaired) electrons. The molecule has 148 valence electrons. The highest BCUT2D eigenvalue weighted by Gasteiger charge is 2.17. The lowest BCUT2D eigenvalue weighted by Gasteiger charge is -2.14. The lowest BCUT2D eigenvalue weighted by atomic mass is 10.1. The van der Waals surface area contributed by atoms with Crippen LogP contribution in [0.4, 0.5) is 11.4 Å². The number of aryl methyl sites for hydroxylation is 1. The van der Waals surface area contributed by atoms with E-state index in [1.54, 1.807) is 6.07 Å². The highest BCUT2D eigenvalue weighted by atomic mass is 16.3. The molecule has 1 aromatic heterocycles. The van der Waals surface area contributed by atoms with E-state index in [0.29, 0.717) is 6.67 Å². The molecule has 5 aromatic rings. The molecule has 0 fully saturated rings. The number of hydrogen-bond acceptors (Lipinski definition) is 3. The number of hydrogen-bond donors (Lipinski definition) is 3. The van der Waals surface area contributed by atoms with Crippen LogP contribution in [0.2, 0.25) is 0 Å². The summed E-state index contributed by atoms with van der Waals surface area (Å²) in [4.78, 5) is 0. The third-order valence-electron chi connectivity index (χ3n) is 5.52. The van der Waals surface area contributed by atoms with E-state index >= 15 is 0 Å². The molecule has 4 aromatic carbocycles. The third-order valence-corrected chi connectivity index (χ3v) is 5.52. The van der Waals surface area contributed by atoms with Gasteiger partial charge in [-0.3, -0.25) is 0 Å². The first-order chi connectivity index (χ1) is 14.7. The molecule has 1 heterocycles. The number of nitrogens with one attached hydrogen (secondary N) is 2. The van der Waals surface area contributed by atoms with E-state index in [0.717, 1.165) is 38.9 Å². The largest absolute Gasteiger partial charge is 0.506 e. The van der Waals surface area contributed by atoms with Crippen molar-refractivity contribution in [2.24, 2.45) is 0 Å². The van der Waals surface area contributed by atoms with Gasteiger partial charge in [-0.2, -0.15) is 0 Å². The second-order valence-electron chi connectivity index (χ2n) is 7.39. The van der Waals surface area contributed by atoms with Gasteiger partial charge in [-0.15, -0.1) is 0 Å². The number of fused-ring (bicyclic) bond motifs is 3. The number of nitrogens with zero attached hydrogens (tertiary/aromatic N) is 1. The highest BCUT2D eigenvalue weighted by Crippen LogP contribution is 2.40. The molecule has 3 N–H and O–H groups in total. The van der Waals surface area contributed by atoms with Crippen LogP contribution in [0.5, 0.6) is 5.75 Å². The number of phenols is 1. The first-order valence-corrected chi connectivity index (χ1v) is 10.1. The van der Waals surface area contributed by atoms with Gasteiger partial charge in [0.1, 0.15) is 5.75 Å². The van der Waals surface area contributed by atoms with E-state index in [4.69, 9.17) is 0 Å². The number of para-hydroxylation sites is 3. The van der Waals surface area contributed by atoms with Crippen molar-refractivity contribution in [1.82, 2.24) is 4.57 Å². The number of aromatic nitrogens is 1. The molecule has 0 saturated carbocycles. The summed E-state index contributed by atoms with van der Waals surface area (Å²) in [6.45, 7) is 2.58. The predicted octanol–water partition coefficient (Wildman–Crippen LogP) is 6.28. The summed E-state index contributed by atoms with van der Waals surface area (Å²) in [5.74, 6) is 0.241. The Bertz CT molecular complexity index is 1340. The molecule has 0 unspecified atom stereocenters. The lowest BCUT2D eigenvalue weighted by molar-refractivity contribution is 0.478. The second kappa shape index (κ2) is 7.48. The Morgan fingerprint density at radius 2 is 1.47 bits per heavy atom. The number of anilines is 2. The van der Waals surface area contributed by atoms with Gasteiger partial charge in [0.15, 0.2) is 0 Å². The number of aromatic hydroxyl groups is 1. The second-order valence-corrected chi connectivity index (χ2v) is 7.39. The molecule has 4 nitrogen and oxygen atoms in total. The van der Waals surface area contributed by atoms with Gasteiger partial charge in [0.2, 0.25) is 0 Å². The molecule has 0 aliphatic heterocycles. The normalized spacial score (nSPS) is 11.1. The van der Waals surface area contributed by atoms with Crippen LogP contribution >= 0.6 is 0 Å². The van der Waals surface area contributed by atoms with E-state index in [1.165, 1.54) is 5.56 Å². The van der Waals surface area contributed by atoms with Crippen molar-refractivity contribution < 1.29 is 5.11 Å². The SMILES string of the molecule is Cc1ccccc1NCNc1c(O)ccc2c1c1ccccc1n2-c1ccccc1. The first kappa shape index (κ1) is 18.1. The molecular formula is C26H23N3O.